The van der Waals surface area contributed by atoms with Gasteiger partial charge in [-0.1, -0.05) is 24.3 Å². The fraction of sp³-hybridized carbons (Fsp3) is 0.417. The highest BCUT2D eigenvalue weighted by Gasteiger charge is 2.12. The van der Waals surface area contributed by atoms with Crippen LogP contribution in [0.2, 0.25) is 0 Å². The third-order valence-electron chi connectivity index (χ3n) is 5.02. The predicted molar refractivity (Wildman–Crippen MR) is 117 cm³/mol. The first-order valence-electron chi connectivity index (χ1n) is 10.6. The summed E-state index contributed by atoms with van der Waals surface area (Å²) in [5, 5.41) is 5.49. The molecule has 1 aliphatic rings. The molecule has 6 nitrogen and oxygen atoms in total. The zero-order chi connectivity index (χ0) is 21.3. The van der Waals surface area contributed by atoms with Gasteiger partial charge in [-0.25, -0.2) is 0 Å². The Kier molecular flexibility index (Phi) is 7.85. The molecule has 2 aromatic rings. The van der Waals surface area contributed by atoms with Gasteiger partial charge in [0.1, 0.15) is 5.75 Å². The maximum atomic E-state index is 12.2. The van der Waals surface area contributed by atoms with Crippen molar-refractivity contribution in [2.45, 2.75) is 45.9 Å². The highest BCUT2D eigenvalue weighted by molar-refractivity contribution is 5.96. The highest BCUT2D eigenvalue weighted by Crippen LogP contribution is 2.14. The van der Waals surface area contributed by atoms with Crippen molar-refractivity contribution in [2.75, 3.05) is 19.6 Å². The summed E-state index contributed by atoms with van der Waals surface area (Å²) in [6.45, 7) is 7.63. The molecule has 0 radical (unpaired) electrons. The Balaban J connectivity index is 1.38. The molecule has 0 unspecified atom stereocenters. The van der Waals surface area contributed by atoms with Crippen LogP contribution in [-0.4, -0.2) is 42.5 Å². The molecular formula is C24H31N3O3. The van der Waals surface area contributed by atoms with Crippen LogP contribution in [-0.2, 0) is 17.9 Å². The first kappa shape index (κ1) is 21.8. The number of benzene rings is 2. The zero-order valence-corrected chi connectivity index (χ0v) is 17.8. The van der Waals surface area contributed by atoms with Crippen LogP contribution in [0.5, 0.6) is 5.75 Å². The summed E-state index contributed by atoms with van der Waals surface area (Å²) in [7, 11) is 0. The van der Waals surface area contributed by atoms with Gasteiger partial charge in [-0.15, -0.1) is 0 Å². The summed E-state index contributed by atoms with van der Waals surface area (Å²) in [4.78, 5) is 26.7. The molecule has 1 heterocycles. The fourth-order valence-electron chi connectivity index (χ4n) is 3.44. The van der Waals surface area contributed by atoms with Crippen LogP contribution in [0.15, 0.2) is 48.5 Å². The molecule has 0 bridgehead atoms. The largest absolute Gasteiger partial charge is 0.491 e. The number of likely N-dealkylation sites (tertiary alicyclic amines) is 1. The topological polar surface area (TPSA) is 70.7 Å². The Morgan fingerprint density at radius 2 is 1.57 bits per heavy atom. The Labute approximate surface area is 178 Å². The Hall–Kier alpha value is -2.86. The lowest BCUT2D eigenvalue weighted by Gasteiger charge is -2.14. The van der Waals surface area contributed by atoms with Crippen molar-refractivity contribution in [3.05, 3.63) is 65.2 Å². The van der Waals surface area contributed by atoms with Crippen LogP contribution in [0.3, 0.4) is 0 Å². The van der Waals surface area contributed by atoms with Gasteiger partial charge in [0.15, 0.2) is 0 Å². The van der Waals surface area contributed by atoms with E-state index in [0.717, 1.165) is 12.1 Å². The number of ether oxygens (including phenoxy) is 1. The third-order valence-corrected chi connectivity index (χ3v) is 5.02. The average Bonchev–Trinajstić information content (AvgIpc) is 3.24. The fourth-order valence-corrected chi connectivity index (χ4v) is 3.44. The van der Waals surface area contributed by atoms with Crippen molar-refractivity contribution in [1.29, 1.82) is 0 Å². The lowest BCUT2D eigenvalue weighted by Crippen LogP contribution is -2.36. The average molecular weight is 410 g/mol. The Bertz CT molecular complexity index is 826. The zero-order valence-electron chi connectivity index (χ0n) is 17.8. The van der Waals surface area contributed by atoms with Crippen LogP contribution in [0.25, 0.3) is 0 Å². The molecule has 1 saturated heterocycles. The van der Waals surface area contributed by atoms with Crippen molar-refractivity contribution in [2.24, 2.45) is 0 Å². The monoisotopic (exact) mass is 409 g/mol. The van der Waals surface area contributed by atoms with Gasteiger partial charge in [0.25, 0.3) is 5.91 Å². The Morgan fingerprint density at radius 3 is 2.20 bits per heavy atom. The van der Waals surface area contributed by atoms with Gasteiger partial charge in [0, 0.05) is 18.7 Å². The highest BCUT2D eigenvalue weighted by atomic mass is 16.5. The molecule has 30 heavy (non-hydrogen) atoms. The second kappa shape index (κ2) is 10.8. The minimum Gasteiger partial charge on any atom is -0.491 e. The third kappa shape index (κ3) is 6.88. The second-order valence-corrected chi connectivity index (χ2v) is 7.95. The van der Waals surface area contributed by atoms with Gasteiger partial charge in [-0.2, -0.15) is 0 Å². The molecule has 0 spiro atoms. The van der Waals surface area contributed by atoms with E-state index in [0.29, 0.717) is 17.9 Å². The number of carbonyl (C=O) groups excluding carboxylic acids is 2. The van der Waals surface area contributed by atoms with Crippen LogP contribution in [0.1, 0.15) is 48.2 Å². The Morgan fingerprint density at radius 1 is 0.933 bits per heavy atom. The number of hydrogen-bond acceptors (Lipinski definition) is 4. The molecule has 3 rings (SSSR count). The van der Waals surface area contributed by atoms with Gasteiger partial charge in [0.05, 0.1) is 12.6 Å². The number of nitrogens with zero attached hydrogens (tertiary/aromatic N) is 1. The normalized spacial score (nSPS) is 14.0. The molecule has 2 N–H and O–H groups in total. The van der Waals surface area contributed by atoms with E-state index in [1.807, 2.05) is 26.0 Å². The van der Waals surface area contributed by atoms with E-state index >= 15 is 0 Å². The maximum absolute atomic E-state index is 12.2. The number of amides is 2. The van der Waals surface area contributed by atoms with E-state index in [1.54, 1.807) is 24.3 Å². The molecule has 0 aliphatic carbocycles. The van der Waals surface area contributed by atoms with Crippen LogP contribution >= 0.6 is 0 Å². The molecule has 2 amide bonds. The van der Waals surface area contributed by atoms with Gasteiger partial charge >= 0.3 is 0 Å². The number of hydrogen-bond donors (Lipinski definition) is 2. The lowest BCUT2D eigenvalue weighted by molar-refractivity contribution is -0.120. The molecule has 6 heteroatoms. The van der Waals surface area contributed by atoms with Crippen molar-refractivity contribution in [1.82, 2.24) is 15.5 Å². The number of carbonyl (C=O) groups is 2. The van der Waals surface area contributed by atoms with Gasteiger partial charge in [-0.3, -0.25) is 14.5 Å². The van der Waals surface area contributed by atoms with Crippen LogP contribution in [0, 0.1) is 0 Å². The smallest absolute Gasteiger partial charge is 0.251 e. The molecule has 0 saturated carbocycles. The summed E-state index contributed by atoms with van der Waals surface area (Å²) < 4.78 is 5.56. The number of rotatable bonds is 9. The SMILES string of the molecule is CC(C)Oc1ccc(C(=O)NCC(=O)NCc2ccc(CN3CCCC3)cc2)cc1. The van der Waals surface area contributed by atoms with Crippen molar-refractivity contribution in [3.63, 3.8) is 0 Å². The lowest BCUT2D eigenvalue weighted by atomic mass is 10.1. The van der Waals surface area contributed by atoms with E-state index in [9.17, 15) is 9.59 Å². The second-order valence-electron chi connectivity index (χ2n) is 7.95. The first-order chi connectivity index (χ1) is 14.5. The van der Waals surface area contributed by atoms with Gasteiger partial charge < -0.3 is 15.4 Å². The number of nitrogens with one attached hydrogen (secondary N) is 2. The summed E-state index contributed by atoms with van der Waals surface area (Å²) in [6.07, 6.45) is 2.66. The predicted octanol–water partition coefficient (Wildman–Crippen LogP) is 3.12. The van der Waals surface area contributed by atoms with Crippen LogP contribution in [0.4, 0.5) is 0 Å². The molecule has 2 aromatic carbocycles. The molecule has 0 atom stereocenters. The molecular weight excluding hydrogens is 378 g/mol. The van der Waals surface area contributed by atoms with E-state index < -0.39 is 0 Å². The summed E-state index contributed by atoms with van der Waals surface area (Å²) >= 11 is 0. The quantitative estimate of drug-likeness (QED) is 0.668. The minimum atomic E-state index is -0.285. The van der Waals surface area contributed by atoms with E-state index in [-0.39, 0.29) is 24.5 Å². The molecule has 0 aromatic heterocycles. The summed E-state index contributed by atoms with van der Waals surface area (Å²) in [5.41, 5.74) is 2.83. The van der Waals surface area contributed by atoms with E-state index in [2.05, 4.69) is 27.7 Å². The molecule has 160 valence electrons. The standard InChI is InChI=1S/C24H31N3O3/c1-18(2)30-22-11-9-21(10-12-22)24(29)26-16-23(28)25-15-19-5-7-20(8-6-19)17-27-13-3-4-14-27/h5-12,18H,3-4,13-17H2,1-2H3,(H,25,28)(H,26,29). The van der Waals surface area contributed by atoms with Crippen molar-refractivity contribution < 1.29 is 14.3 Å². The van der Waals surface area contributed by atoms with Crippen molar-refractivity contribution >= 4 is 11.8 Å². The van der Waals surface area contributed by atoms with Gasteiger partial charge in [-0.05, 0) is 75.2 Å². The van der Waals surface area contributed by atoms with Crippen LogP contribution < -0.4 is 15.4 Å². The van der Waals surface area contributed by atoms with E-state index in [4.69, 9.17) is 4.74 Å². The first-order valence-corrected chi connectivity index (χ1v) is 10.6. The van der Waals surface area contributed by atoms with Crippen molar-refractivity contribution in [3.8, 4) is 5.75 Å². The van der Waals surface area contributed by atoms with E-state index in [1.165, 1.54) is 31.5 Å². The summed E-state index contributed by atoms with van der Waals surface area (Å²) in [5.74, 6) is 0.211. The summed E-state index contributed by atoms with van der Waals surface area (Å²) in [6, 6.07) is 15.2. The molecule has 1 aliphatic heterocycles. The maximum Gasteiger partial charge on any atom is 0.251 e. The molecule has 1 fully saturated rings. The minimum absolute atomic E-state index is 0.0594. The van der Waals surface area contributed by atoms with Gasteiger partial charge in [0.2, 0.25) is 5.91 Å².